The van der Waals surface area contributed by atoms with Crippen LogP contribution in [0.25, 0.3) is 17.0 Å². The van der Waals surface area contributed by atoms with Crippen LogP contribution in [0.1, 0.15) is 5.69 Å². The first-order valence-electron chi connectivity index (χ1n) is 9.34. The minimum absolute atomic E-state index is 0.236. The fraction of sp³-hybridized carbons (Fsp3) is 0.444. The third-order valence-corrected chi connectivity index (χ3v) is 5.39. The summed E-state index contributed by atoms with van der Waals surface area (Å²) in [7, 11) is -2.22. The summed E-state index contributed by atoms with van der Waals surface area (Å²) in [5.74, 6) is 0.592. The lowest BCUT2D eigenvalue weighted by Crippen LogP contribution is -2.44. The first-order chi connectivity index (χ1) is 14.6. The predicted molar refractivity (Wildman–Crippen MR) is 108 cm³/mol. The molecule has 0 aliphatic carbocycles. The van der Waals surface area contributed by atoms with Crippen LogP contribution in [0.5, 0.6) is 0 Å². The molecule has 0 bridgehead atoms. The van der Waals surface area contributed by atoms with E-state index < -0.39 is 21.6 Å². The molecule has 0 amide bonds. The van der Waals surface area contributed by atoms with E-state index in [4.69, 9.17) is 4.74 Å². The molecule has 0 saturated carbocycles. The number of rotatable bonds is 4. The third-order valence-electron chi connectivity index (χ3n) is 4.62. The lowest BCUT2D eigenvalue weighted by molar-refractivity contribution is -0.141. The zero-order valence-electron chi connectivity index (χ0n) is 16.8. The number of morpholine rings is 1. The summed E-state index contributed by atoms with van der Waals surface area (Å²) in [5, 5.41) is 3.68. The fourth-order valence-electron chi connectivity index (χ4n) is 3.16. The smallest absolute Gasteiger partial charge is 0.373 e. The van der Waals surface area contributed by atoms with Crippen LogP contribution in [0.4, 0.5) is 19.0 Å². The molecule has 0 radical (unpaired) electrons. The van der Waals surface area contributed by atoms with Gasteiger partial charge in [-0.05, 0) is 12.1 Å². The summed E-state index contributed by atoms with van der Waals surface area (Å²) >= 11 is 0. The molecule has 0 spiro atoms. The summed E-state index contributed by atoms with van der Waals surface area (Å²) in [5.41, 5.74) is -0.0286. The lowest BCUT2D eigenvalue weighted by atomic mass is 10.2. The predicted octanol–water partition coefficient (Wildman–Crippen LogP) is 2.14. The van der Waals surface area contributed by atoms with Gasteiger partial charge in [-0.25, -0.2) is 23.8 Å². The molecule has 1 aliphatic heterocycles. The molecule has 1 fully saturated rings. The number of aromatic nitrogens is 5. The van der Waals surface area contributed by atoms with E-state index >= 15 is 0 Å². The van der Waals surface area contributed by atoms with Gasteiger partial charge in [-0.1, -0.05) is 0 Å². The number of ether oxygens (including phenoxy) is 1. The van der Waals surface area contributed by atoms with Crippen molar-refractivity contribution in [3.05, 3.63) is 36.4 Å². The molecular formula is C18H20F3N7O2S. The second-order valence-electron chi connectivity index (χ2n) is 7.32. The molecule has 3 aromatic rings. The Morgan fingerprint density at radius 1 is 1.26 bits per heavy atom. The number of nitrogens with zero attached hydrogens (tertiary/aromatic N) is 7. The average Bonchev–Trinajstić information content (AvgIpc) is 3.15. The maximum absolute atomic E-state index is 13.1. The highest BCUT2D eigenvalue weighted by molar-refractivity contribution is 7.92. The number of halogens is 3. The van der Waals surface area contributed by atoms with Gasteiger partial charge in [0.05, 0.1) is 31.1 Å². The van der Waals surface area contributed by atoms with Crippen LogP contribution >= 0.6 is 0 Å². The normalized spacial score (nSPS) is 17.8. The number of anilines is 1. The molecule has 9 nitrogen and oxygen atoms in total. The molecule has 166 valence electrons. The molecule has 1 saturated heterocycles. The Hall–Kier alpha value is -2.80. The van der Waals surface area contributed by atoms with Crippen LogP contribution in [0.2, 0.25) is 0 Å². The Morgan fingerprint density at radius 3 is 2.81 bits per heavy atom. The highest BCUT2D eigenvalue weighted by atomic mass is 32.2. The minimum atomic E-state index is -4.57. The van der Waals surface area contributed by atoms with Gasteiger partial charge in [0.25, 0.3) is 0 Å². The van der Waals surface area contributed by atoms with E-state index in [9.17, 15) is 17.4 Å². The Morgan fingerprint density at radius 2 is 2.06 bits per heavy atom. The second kappa shape index (κ2) is 8.04. The van der Waals surface area contributed by atoms with Crippen LogP contribution in [0, 0.1) is 0 Å². The molecule has 3 aromatic heterocycles. The fourth-order valence-corrected chi connectivity index (χ4v) is 3.68. The number of fused-ring (bicyclic) bond motifs is 1. The molecule has 1 atom stereocenters. The van der Waals surface area contributed by atoms with Crippen molar-refractivity contribution in [3.8, 4) is 11.4 Å². The van der Waals surface area contributed by atoms with Crippen LogP contribution < -0.4 is 4.90 Å². The summed E-state index contributed by atoms with van der Waals surface area (Å²) in [6, 6.07) is 3.83. The molecule has 0 aromatic carbocycles. The van der Waals surface area contributed by atoms with E-state index in [0.29, 0.717) is 43.4 Å². The lowest BCUT2D eigenvalue weighted by Gasteiger charge is -2.33. The van der Waals surface area contributed by atoms with Gasteiger partial charge in [-0.15, -0.1) is 0 Å². The van der Waals surface area contributed by atoms with Crippen molar-refractivity contribution in [2.45, 2.75) is 12.3 Å². The minimum Gasteiger partial charge on any atom is -0.373 e. The maximum atomic E-state index is 13.1. The zero-order valence-corrected chi connectivity index (χ0v) is 17.6. The van der Waals surface area contributed by atoms with Gasteiger partial charge in [0.2, 0.25) is 0 Å². The van der Waals surface area contributed by atoms with E-state index in [2.05, 4.69) is 24.4 Å². The average molecular weight is 455 g/mol. The van der Waals surface area contributed by atoms with Gasteiger partial charge in [0, 0.05) is 41.4 Å². The molecule has 4 heterocycles. The maximum Gasteiger partial charge on any atom is 0.435 e. The van der Waals surface area contributed by atoms with E-state index in [1.165, 1.54) is 18.6 Å². The molecule has 31 heavy (non-hydrogen) atoms. The standard InChI is InChI=1S/C18H20F3N7O2S/c1-31(2,29)25-8-12-10-27(5-6-30-12)17-7-13(23-11-24-17)14-9-22-16-4-3-15(18(19,20)21)26-28(14)16/h3-4,7,9,11-12H,5-6,8,10H2,1-2H3/t12-/m1/s1. The highest BCUT2D eigenvalue weighted by Gasteiger charge is 2.33. The monoisotopic (exact) mass is 455 g/mol. The molecule has 13 heteroatoms. The van der Waals surface area contributed by atoms with Crippen molar-refractivity contribution in [3.63, 3.8) is 0 Å². The number of hydrogen-bond acceptors (Lipinski definition) is 8. The van der Waals surface area contributed by atoms with Gasteiger partial charge < -0.3 is 9.64 Å². The van der Waals surface area contributed by atoms with Crippen LogP contribution in [0.3, 0.4) is 0 Å². The molecule has 4 rings (SSSR count). The quantitative estimate of drug-likeness (QED) is 0.595. The first kappa shape index (κ1) is 21.4. The third kappa shape index (κ3) is 4.93. The topological polar surface area (TPSA) is 97.9 Å². The van der Waals surface area contributed by atoms with Gasteiger partial charge in [-0.2, -0.15) is 18.3 Å². The summed E-state index contributed by atoms with van der Waals surface area (Å²) in [6.45, 7) is 1.81. The van der Waals surface area contributed by atoms with Crippen molar-refractivity contribution < 1.29 is 22.1 Å². The van der Waals surface area contributed by atoms with Gasteiger partial charge in [0.1, 0.15) is 17.8 Å². The SMILES string of the molecule is CS(C)(=O)=NC[C@@H]1CN(c2cc(-c3cnc4ccc(C(F)(F)F)nn34)ncn2)CCO1. The Labute approximate surface area is 176 Å². The van der Waals surface area contributed by atoms with Gasteiger partial charge in [-0.3, -0.25) is 4.21 Å². The summed E-state index contributed by atoms with van der Waals surface area (Å²) in [4.78, 5) is 14.6. The Kier molecular flexibility index (Phi) is 5.56. The van der Waals surface area contributed by atoms with Crippen molar-refractivity contribution in [1.82, 2.24) is 24.6 Å². The van der Waals surface area contributed by atoms with Gasteiger partial charge >= 0.3 is 6.18 Å². The van der Waals surface area contributed by atoms with E-state index in [0.717, 1.165) is 10.6 Å². The zero-order chi connectivity index (χ0) is 22.2. The van der Waals surface area contributed by atoms with Crippen molar-refractivity contribution in [2.75, 3.05) is 43.7 Å². The molecular weight excluding hydrogens is 435 g/mol. The van der Waals surface area contributed by atoms with Crippen LogP contribution in [-0.4, -0.2) is 73.6 Å². The number of imidazole rings is 1. The summed E-state index contributed by atoms with van der Waals surface area (Å²) in [6.07, 6.45) is 1.10. The van der Waals surface area contributed by atoms with Crippen LogP contribution in [-0.2, 0) is 20.6 Å². The molecule has 0 N–H and O–H groups in total. The van der Waals surface area contributed by atoms with Crippen molar-refractivity contribution >= 4 is 21.2 Å². The number of alkyl halides is 3. The Balaban J connectivity index is 1.62. The highest BCUT2D eigenvalue weighted by Crippen LogP contribution is 2.29. The first-order valence-corrected chi connectivity index (χ1v) is 11.7. The Bertz CT molecular complexity index is 1210. The summed E-state index contributed by atoms with van der Waals surface area (Å²) < 4.78 is 62.0. The second-order valence-corrected chi connectivity index (χ2v) is 9.94. The van der Waals surface area contributed by atoms with E-state index in [-0.39, 0.29) is 11.8 Å². The van der Waals surface area contributed by atoms with Crippen molar-refractivity contribution in [1.29, 1.82) is 0 Å². The number of hydrogen-bond donors (Lipinski definition) is 0. The largest absolute Gasteiger partial charge is 0.435 e. The van der Waals surface area contributed by atoms with E-state index in [1.54, 1.807) is 18.6 Å². The molecule has 0 unspecified atom stereocenters. The van der Waals surface area contributed by atoms with E-state index in [1.807, 2.05) is 4.90 Å². The van der Waals surface area contributed by atoms with Gasteiger partial charge in [0.15, 0.2) is 11.3 Å². The molecule has 1 aliphatic rings. The van der Waals surface area contributed by atoms with Crippen LogP contribution in [0.15, 0.2) is 35.1 Å². The van der Waals surface area contributed by atoms with Crippen molar-refractivity contribution in [2.24, 2.45) is 4.36 Å².